The Morgan fingerprint density at radius 2 is 1.20 bits per heavy atom. The van der Waals surface area contributed by atoms with E-state index in [1.807, 2.05) is 127 Å². The van der Waals surface area contributed by atoms with Gasteiger partial charge in [0, 0.05) is 37.9 Å². The second-order valence-corrected chi connectivity index (χ2v) is 13.2. The van der Waals surface area contributed by atoms with E-state index >= 15 is 4.57 Å². The van der Waals surface area contributed by atoms with Gasteiger partial charge in [-0.1, -0.05) is 114 Å². The molecule has 0 fully saturated rings. The van der Waals surface area contributed by atoms with Crippen molar-refractivity contribution in [3.63, 3.8) is 0 Å². The van der Waals surface area contributed by atoms with Gasteiger partial charge in [-0.2, -0.15) is 0 Å². The molecule has 6 heteroatoms. The van der Waals surface area contributed by atoms with Gasteiger partial charge < -0.3 is 14.0 Å². The van der Waals surface area contributed by atoms with Crippen molar-refractivity contribution in [3.05, 3.63) is 160 Å². The average Bonchev–Trinajstić information content (AvgIpc) is 3.38. The molecular formula is C34H25Cl2O3P. The van der Waals surface area contributed by atoms with Crippen molar-refractivity contribution in [2.45, 2.75) is 5.66 Å². The third-order valence-electron chi connectivity index (χ3n) is 7.14. The van der Waals surface area contributed by atoms with E-state index in [0.29, 0.717) is 27.3 Å². The van der Waals surface area contributed by atoms with Gasteiger partial charge in [-0.15, -0.1) is 0 Å². The zero-order chi connectivity index (χ0) is 27.7. The maximum absolute atomic E-state index is 15.8. The Bertz CT molecular complexity index is 1640. The molecule has 40 heavy (non-hydrogen) atoms. The molecule has 1 atom stereocenters. The third-order valence-corrected chi connectivity index (χ3v) is 11.0. The Balaban J connectivity index is 1.72. The van der Waals surface area contributed by atoms with E-state index in [0.717, 1.165) is 32.9 Å². The van der Waals surface area contributed by atoms with Gasteiger partial charge in [-0.3, -0.25) is 0 Å². The molecule has 6 rings (SSSR count). The normalized spacial score (nSPS) is 14.4. The highest BCUT2D eigenvalue weighted by molar-refractivity contribution is 7.79. The molecule has 1 aliphatic rings. The van der Waals surface area contributed by atoms with Crippen molar-refractivity contribution < 1.29 is 14.0 Å². The summed E-state index contributed by atoms with van der Waals surface area (Å²) in [5.41, 5.74) is 2.84. The van der Waals surface area contributed by atoms with E-state index in [1.54, 1.807) is 7.11 Å². The van der Waals surface area contributed by atoms with Crippen molar-refractivity contribution >= 4 is 46.5 Å². The monoisotopic (exact) mass is 582 g/mol. The standard InChI is InChI=1S/C34H25Cl2O3P/c1-38-27-20-21-30-31(22-27)39-33(32(23-12-16-25(35)17-13-23)24-14-18-26(36)19-15-24)34(30)40(37,28-8-4-2-5-9-28)29-10-6-3-7-11-29/h2-22,34H,1H3. The van der Waals surface area contributed by atoms with Crippen molar-refractivity contribution in [1.82, 2.24) is 0 Å². The van der Waals surface area contributed by atoms with Crippen molar-refractivity contribution in [3.8, 4) is 11.5 Å². The number of rotatable bonds is 6. The average molecular weight is 583 g/mol. The Morgan fingerprint density at radius 1 is 0.700 bits per heavy atom. The lowest BCUT2D eigenvalue weighted by Crippen LogP contribution is -2.22. The lowest BCUT2D eigenvalue weighted by atomic mass is 9.95. The minimum Gasteiger partial charge on any atom is -0.497 e. The molecule has 5 aromatic rings. The lowest BCUT2D eigenvalue weighted by molar-refractivity contribution is 0.406. The number of hydrogen-bond donors (Lipinski definition) is 0. The van der Waals surface area contributed by atoms with Crippen LogP contribution in [0.3, 0.4) is 0 Å². The van der Waals surface area contributed by atoms with Crippen LogP contribution < -0.4 is 20.1 Å². The fraction of sp³-hybridized carbons (Fsp3) is 0.0588. The van der Waals surface area contributed by atoms with Gasteiger partial charge in [0.05, 0.1) is 7.11 Å². The molecule has 198 valence electrons. The van der Waals surface area contributed by atoms with Crippen LogP contribution in [-0.4, -0.2) is 7.11 Å². The summed E-state index contributed by atoms with van der Waals surface area (Å²) in [4.78, 5) is 0. The molecule has 3 nitrogen and oxygen atoms in total. The highest BCUT2D eigenvalue weighted by Gasteiger charge is 2.47. The number of ether oxygens (including phenoxy) is 2. The summed E-state index contributed by atoms with van der Waals surface area (Å²) in [5.74, 6) is 1.88. The molecule has 0 bridgehead atoms. The van der Waals surface area contributed by atoms with Gasteiger partial charge >= 0.3 is 0 Å². The number of benzene rings is 5. The van der Waals surface area contributed by atoms with Crippen LogP contribution in [0.5, 0.6) is 11.5 Å². The maximum Gasteiger partial charge on any atom is 0.157 e. The summed E-state index contributed by atoms with van der Waals surface area (Å²) in [5, 5.41) is 2.76. The SMILES string of the molecule is COc1ccc2c(c1)OC(=C(c1ccc(Cl)cc1)c1ccc(Cl)cc1)C2P(=O)(c1ccccc1)c1ccccc1. The molecule has 5 aromatic carbocycles. The minimum absolute atomic E-state index is 0.598. The van der Waals surface area contributed by atoms with Crippen molar-refractivity contribution in [2.24, 2.45) is 0 Å². The number of fused-ring (bicyclic) bond motifs is 1. The predicted molar refractivity (Wildman–Crippen MR) is 165 cm³/mol. The number of halogens is 2. The molecule has 1 aliphatic heterocycles. The van der Waals surface area contributed by atoms with Gasteiger partial charge in [0.1, 0.15) is 22.9 Å². The third kappa shape index (κ3) is 4.75. The quantitative estimate of drug-likeness (QED) is 0.187. The summed E-state index contributed by atoms with van der Waals surface area (Å²) < 4.78 is 28.1. The van der Waals surface area contributed by atoms with Crippen LogP contribution in [0.2, 0.25) is 10.0 Å². The van der Waals surface area contributed by atoms with Gasteiger partial charge in [0.2, 0.25) is 0 Å². The molecule has 0 amide bonds. The Hall–Kier alpha value is -3.75. The molecule has 0 saturated carbocycles. The van der Waals surface area contributed by atoms with Crippen LogP contribution in [0, 0.1) is 0 Å². The van der Waals surface area contributed by atoms with Crippen LogP contribution in [0.25, 0.3) is 5.57 Å². The van der Waals surface area contributed by atoms with Crippen LogP contribution in [0.4, 0.5) is 0 Å². The Labute approximate surface area is 244 Å². The zero-order valence-corrected chi connectivity index (χ0v) is 24.0. The van der Waals surface area contributed by atoms with Crippen LogP contribution in [0.1, 0.15) is 22.3 Å². The largest absolute Gasteiger partial charge is 0.497 e. The molecular weight excluding hydrogens is 558 g/mol. The Kier molecular flexibility index (Phi) is 7.29. The smallest absolute Gasteiger partial charge is 0.157 e. The highest BCUT2D eigenvalue weighted by atomic mass is 35.5. The molecule has 1 unspecified atom stereocenters. The second-order valence-electron chi connectivity index (χ2n) is 9.49. The van der Waals surface area contributed by atoms with Crippen LogP contribution in [0.15, 0.2) is 133 Å². The molecule has 0 aliphatic carbocycles. The van der Waals surface area contributed by atoms with E-state index in [9.17, 15) is 0 Å². The van der Waals surface area contributed by atoms with Crippen LogP contribution in [-0.2, 0) is 4.57 Å². The molecule has 0 N–H and O–H groups in total. The topological polar surface area (TPSA) is 35.5 Å². The van der Waals surface area contributed by atoms with Crippen molar-refractivity contribution in [2.75, 3.05) is 7.11 Å². The van der Waals surface area contributed by atoms with Gasteiger partial charge in [-0.25, -0.2) is 0 Å². The first-order valence-electron chi connectivity index (χ1n) is 12.8. The minimum atomic E-state index is -3.37. The molecule has 0 saturated heterocycles. The maximum atomic E-state index is 15.8. The first-order valence-corrected chi connectivity index (χ1v) is 15.3. The van der Waals surface area contributed by atoms with Crippen molar-refractivity contribution in [1.29, 1.82) is 0 Å². The summed E-state index contributed by atoms with van der Waals surface area (Å²) in [7, 11) is -1.75. The first-order chi connectivity index (χ1) is 19.5. The predicted octanol–water partition coefficient (Wildman–Crippen LogP) is 8.91. The number of methoxy groups -OCH3 is 1. The van der Waals surface area contributed by atoms with E-state index in [2.05, 4.69) is 0 Å². The fourth-order valence-corrected chi connectivity index (χ4v) is 8.74. The summed E-state index contributed by atoms with van der Waals surface area (Å²) in [6.07, 6.45) is 0. The lowest BCUT2D eigenvalue weighted by Gasteiger charge is -2.27. The van der Waals surface area contributed by atoms with Gasteiger partial charge in [0.25, 0.3) is 0 Å². The van der Waals surface area contributed by atoms with E-state index in [-0.39, 0.29) is 0 Å². The molecule has 0 spiro atoms. The summed E-state index contributed by atoms with van der Waals surface area (Å²) in [6.45, 7) is 0. The zero-order valence-electron chi connectivity index (χ0n) is 21.6. The van der Waals surface area contributed by atoms with Crippen LogP contribution >= 0.6 is 30.3 Å². The number of allylic oxidation sites excluding steroid dienone is 1. The highest BCUT2D eigenvalue weighted by Crippen LogP contribution is 2.66. The van der Waals surface area contributed by atoms with Gasteiger partial charge in [0.15, 0.2) is 7.14 Å². The summed E-state index contributed by atoms with van der Waals surface area (Å²) in [6, 6.07) is 40.3. The fourth-order valence-electron chi connectivity index (χ4n) is 5.25. The second kappa shape index (κ2) is 11.0. The van der Waals surface area contributed by atoms with E-state index in [4.69, 9.17) is 32.7 Å². The summed E-state index contributed by atoms with van der Waals surface area (Å²) >= 11 is 12.6. The molecule has 1 heterocycles. The van der Waals surface area contributed by atoms with E-state index in [1.165, 1.54) is 0 Å². The molecule has 0 aromatic heterocycles. The number of hydrogen-bond acceptors (Lipinski definition) is 3. The Morgan fingerprint density at radius 3 is 1.68 bits per heavy atom. The van der Waals surface area contributed by atoms with Gasteiger partial charge in [-0.05, 0) is 41.5 Å². The first kappa shape index (κ1) is 26.5. The molecule has 0 radical (unpaired) electrons. The van der Waals surface area contributed by atoms with E-state index < -0.39 is 12.8 Å².